The van der Waals surface area contributed by atoms with Gasteiger partial charge in [0.15, 0.2) is 5.78 Å². The van der Waals surface area contributed by atoms with Gasteiger partial charge in [0.1, 0.15) is 23.0 Å². The topological polar surface area (TPSA) is 83.7 Å². The van der Waals surface area contributed by atoms with Gasteiger partial charge in [-0.3, -0.25) is 14.0 Å². The van der Waals surface area contributed by atoms with Crippen LogP contribution in [-0.2, 0) is 6.42 Å². The molecule has 0 unspecified atom stereocenters. The summed E-state index contributed by atoms with van der Waals surface area (Å²) in [5, 5.41) is 12.9. The molecule has 1 aliphatic carbocycles. The zero-order valence-electron chi connectivity index (χ0n) is 17.3. The van der Waals surface area contributed by atoms with Crippen LogP contribution in [-0.4, -0.2) is 32.3 Å². The molecule has 0 bridgehead atoms. The number of rotatable bonds is 5. The first-order chi connectivity index (χ1) is 15.9. The lowest BCUT2D eigenvalue weighted by molar-refractivity contribution is 0.0920. The van der Waals surface area contributed by atoms with Crippen molar-refractivity contribution in [3.63, 3.8) is 0 Å². The Hall–Kier alpha value is -3.91. The number of aromatic nitrogens is 2. The summed E-state index contributed by atoms with van der Waals surface area (Å²) < 4.78 is 29.3. The van der Waals surface area contributed by atoms with E-state index in [4.69, 9.17) is 0 Å². The van der Waals surface area contributed by atoms with Crippen molar-refractivity contribution in [3.05, 3.63) is 101 Å². The average molecular weight is 447 g/mol. The Balaban J connectivity index is 1.37. The highest BCUT2D eigenvalue weighted by Gasteiger charge is 2.32. The summed E-state index contributed by atoms with van der Waals surface area (Å²) in [6.45, 7) is 0. The third kappa shape index (κ3) is 3.89. The van der Waals surface area contributed by atoms with Gasteiger partial charge in [-0.05, 0) is 47.9 Å². The van der Waals surface area contributed by atoms with Crippen molar-refractivity contribution >= 4 is 23.0 Å². The van der Waals surface area contributed by atoms with E-state index in [2.05, 4.69) is 10.3 Å². The first-order valence-electron chi connectivity index (χ1n) is 10.4. The third-order valence-electron chi connectivity index (χ3n) is 5.99. The number of nitrogens with one attached hydrogen (secondary N) is 1. The zero-order valence-corrected chi connectivity index (χ0v) is 17.3. The molecule has 166 valence electrons. The van der Waals surface area contributed by atoms with Crippen molar-refractivity contribution in [2.45, 2.75) is 24.9 Å². The van der Waals surface area contributed by atoms with Gasteiger partial charge in [-0.1, -0.05) is 24.3 Å². The number of aliphatic hydroxyl groups is 1. The van der Waals surface area contributed by atoms with Gasteiger partial charge in [0.2, 0.25) is 0 Å². The van der Waals surface area contributed by atoms with E-state index in [-0.39, 0.29) is 35.1 Å². The number of ketones is 1. The van der Waals surface area contributed by atoms with E-state index in [1.807, 2.05) is 24.3 Å². The van der Waals surface area contributed by atoms with Crippen LogP contribution in [0.4, 0.5) is 14.5 Å². The Labute approximate surface area is 187 Å². The Morgan fingerprint density at radius 2 is 1.94 bits per heavy atom. The summed E-state index contributed by atoms with van der Waals surface area (Å²) in [5.41, 5.74) is 2.37. The minimum atomic E-state index is -0.717. The molecular weight excluding hydrogens is 428 g/mol. The van der Waals surface area contributed by atoms with Gasteiger partial charge in [-0.2, -0.15) is 0 Å². The van der Waals surface area contributed by atoms with E-state index < -0.39 is 23.6 Å². The second-order valence-electron chi connectivity index (χ2n) is 8.07. The molecule has 2 heterocycles. The summed E-state index contributed by atoms with van der Waals surface area (Å²) in [6.07, 6.45) is 2.25. The first kappa shape index (κ1) is 21.0. The predicted molar refractivity (Wildman–Crippen MR) is 117 cm³/mol. The van der Waals surface area contributed by atoms with Crippen molar-refractivity contribution < 1.29 is 23.5 Å². The normalized spacial score (nSPS) is 17.2. The number of hydrogen-bond acceptors (Lipinski definition) is 4. The molecule has 6 nitrogen and oxygen atoms in total. The summed E-state index contributed by atoms with van der Waals surface area (Å²) in [5.74, 6) is -2.58. The van der Waals surface area contributed by atoms with Gasteiger partial charge in [0, 0.05) is 24.1 Å². The van der Waals surface area contributed by atoms with Crippen molar-refractivity contribution in [1.29, 1.82) is 0 Å². The minimum Gasteiger partial charge on any atom is -0.392 e. The Morgan fingerprint density at radius 3 is 2.79 bits per heavy atom. The molecule has 0 fully saturated rings. The van der Waals surface area contributed by atoms with Gasteiger partial charge in [0.25, 0.3) is 5.91 Å². The predicted octanol–water partition coefficient (Wildman–Crippen LogP) is 4.14. The lowest BCUT2D eigenvalue weighted by atomic mass is 9.91. The zero-order chi connectivity index (χ0) is 23.1. The molecule has 33 heavy (non-hydrogen) atoms. The van der Waals surface area contributed by atoms with Crippen molar-refractivity contribution in [3.8, 4) is 0 Å². The summed E-state index contributed by atoms with van der Waals surface area (Å²) >= 11 is 0. The summed E-state index contributed by atoms with van der Waals surface area (Å²) in [7, 11) is 0. The molecule has 0 aliphatic heterocycles. The molecule has 5 rings (SSSR count). The highest BCUT2D eigenvalue weighted by atomic mass is 19.1. The molecule has 0 saturated heterocycles. The lowest BCUT2D eigenvalue weighted by Gasteiger charge is -2.15. The molecular formula is C25H19F2N3O3. The molecule has 8 heteroatoms. The molecule has 1 aliphatic rings. The monoisotopic (exact) mass is 447 g/mol. The van der Waals surface area contributed by atoms with Crippen LogP contribution in [0.1, 0.15) is 44.3 Å². The highest BCUT2D eigenvalue weighted by molar-refractivity contribution is 6.04. The minimum absolute atomic E-state index is 0.0197. The number of amides is 1. The second-order valence-corrected chi connectivity index (χ2v) is 8.07. The average Bonchev–Trinajstić information content (AvgIpc) is 3.35. The quantitative estimate of drug-likeness (QED) is 0.451. The molecule has 2 N–H and O–H groups in total. The van der Waals surface area contributed by atoms with Gasteiger partial charge in [-0.25, -0.2) is 13.8 Å². The fourth-order valence-corrected chi connectivity index (χ4v) is 4.32. The fraction of sp³-hybridized carbons (Fsp3) is 0.160. The smallest absolute Gasteiger partial charge is 0.274 e. The molecule has 1 amide bonds. The lowest BCUT2D eigenvalue weighted by Crippen LogP contribution is -2.18. The van der Waals surface area contributed by atoms with Crippen LogP contribution in [0.3, 0.4) is 0 Å². The molecule has 4 aromatic rings. The molecule has 2 aromatic heterocycles. The number of Topliss-reactive ketones (excluding diaryl/α,β-unsaturated/α-hetero) is 1. The molecule has 2 aromatic carbocycles. The van der Waals surface area contributed by atoms with Gasteiger partial charge < -0.3 is 10.4 Å². The van der Waals surface area contributed by atoms with Gasteiger partial charge in [-0.15, -0.1) is 0 Å². The van der Waals surface area contributed by atoms with Crippen molar-refractivity contribution in [1.82, 2.24) is 9.38 Å². The van der Waals surface area contributed by atoms with Crippen LogP contribution in [0, 0.1) is 11.6 Å². The number of aliphatic hydroxyl groups excluding tert-OH is 1. The van der Waals surface area contributed by atoms with Crippen molar-refractivity contribution in [2.24, 2.45) is 0 Å². The number of anilines is 1. The van der Waals surface area contributed by atoms with Gasteiger partial charge in [0.05, 0.1) is 18.0 Å². The number of nitrogens with zero attached hydrogens (tertiary/aromatic N) is 2. The Bertz CT molecular complexity index is 1400. The largest absolute Gasteiger partial charge is 0.392 e. The maximum Gasteiger partial charge on any atom is 0.274 e. The number of hydrogen-bond donors (Lipinski definition) is 2. The molecule has 0 radical (unpaired) electrons. The standard InChI is InChI=1S/C25H19F2N3O3/c26-16-6-8-24-28-12-21(30(24)13-16)25(33)29-20-9-15(5-7-19(20)27)22(31)11-18-17-4-2-1-3-14(17)10-23(18)32/h1-9,12-13,18,23,32H,10-11H2,(H,29,33)/t18-,23+/m1/s1. The Morgan fingerprint density at radius 1 is 1.12 bits per heavy atom. The maximum absolute atomic E-state index is 14.4. The molecule has 0 saturated carbocycles. The number of fused-ring (bicyclic) bond motifs is 2. The van der Waals surface area contributed by atoms with Crippen LogP contribution >= 0.6 is 0 Å². The molecule has 0 spiro atoms. The van der Waals surface area contributed by atoms with E-state index >= 15 is 0 Å². The summed E-state index contributed by atoms with van der Waals surface area (Å²) in [6, 6.07) is 14.0. The first-order valence-corrected chi connectivity index (χ1v) is 10.4. The number of carbonyl (C=O) groups is 2. The van der Waals surface area contributed by atoms with Crippen LogP contribution in [0.2, 0.25) is 0 Å². The van der Waals surface area contributed by atoms with Crippen LogP contribution < -0.4 is 5.32 Å². The SMILES string of the molecule is O=C(C[C@@H]1c2ccccc2C[C@@H]1O)c1ccc(F)c(NC(=O)c2cnc3ccc(F)cn23)c1. The van der Waals surface area contributed by atoms with Crippen LogP contribution in [0.25, 0.3) is 5.65 Å². The molecule has 2 atom stereocenters. The van der Waals surface area contributed by atoms with E-state index in [0.29, 0.717) is 12.1 Å². The van der Waals surface area contributed by atoms with E-state index in [0.717, 1.165) is 23.4 Å². The number of pyridine rings is 1. The van der Waals surface area contributed by atoms with E-state index in [1.54, 1.807) is 0 Å². The third-order valence-corrected chi connectivity index (χ3v) is 5.99. The van der Waals surface area contributed by atoms with Crippen molar-refractivity contribution in [2.75, 3.05) is 5.32 Å². The number of carbonyl (C=O) groups excluding carboxylic acids is 2. The number of imidazole rings is 1. The van der Waals surface area contributed by atoms with Gasteiger partial charge >= 0.3 is 0 Å². The van der Waals surface area contributed by atoms with E-state index in [1.165, 1.54) is 34.9 Å². The summed E-state index contributed by atoms with van der Waals surface area (Å²) in [4.78, 5) is 29.7. The fourth-order valence-electron chi connectivity index (χ4n) is 4.32. The number of halogens is 2. The maximum atomic E-state index is 14.4. The second kappa shape index (κ2) is 8.22. The van der Waals surface area contributed by atoms with Crippen LogP contribution in [0.15, 0.2) is 67.0 Å². The number of benzene rings is 2. The van der Waals surface area contributed by atoms with E-state index in [9.17, 15) is 23.5 Å². The highest BCUT2D eigenvalue weighted by Crippen LogP contribution is 2.36. The van der Waals surface area contributed by atoms with Crippen LogP contribution in [0.5, 0.6) is 0 Å². The Kier molecular flexibility index (Phi) is 5.22.